The summed E-state index contributed by atoms with van der Waals surface area (Å²) in [5.41, 5.74) is 1.20. The summed E-state index contributed by atoms with van der Waals surface area (Å²) in [4.78, 5) is 40.6. The maximum absolute atomic E-state index is 12.5. The van der Waals surface area contributed by atoms with E-state index in [1.807, 2.05) is 23.6 Å². The Morgan fingerprint density at radius 3 is 1.97 bits per heavy atom. The van der Waals surface area contributed by atoms with Crippen molar-refractivity contribution in [3.05, 3.63) is 52.5 Å². The predicted molar refractivity (Wildman–Crippen MR) is 123 cm³/mol. The number of carbonyl (C=O) groups is 3. The van der Waals surface area contributed by atoms with Crippen LogP contribution in [0.25, 0.3) is 0 Å². The second-order valence-electron chi connectivity index (χ2n) is 8.53. The number of nitrogens with zero attached hydrogens (tertiary/aromatic N) is 3. The molecule has 2 aliphatic rings. The van der Waals surface area contributed by atoms with Crippen LogP contribution >= 0.6 is 11.3 Å². The van der Waals surface area contributed by atoms with Crippen molar-refractivity contribution in [2.24, 2.45) is 0 Å². The van der Waals surface area contributed by atoms with Crippen molar-refractivity contribution in [1.82, 2.24) is 14.8 Å². The third-order valence-electron chi connectivity index (χ3n) is 5.97. The van der Waals surface area contributed by atoms with Gasteiger partial charge in [-0.05, 0) is 42.3 Å². The number of alkyl halides is 6. The Labute approximate surface area is 217 Å². The summed E-state index contributed by atoms with van der Waals surface area (Å²) in [6.07, 6.45) is -2.61. The molecule has 210 valence electrons. The van der Waals surface area contributed by atoms with Crippen LogP contribution in [0.4, 0.5) is 26.3 Å². The summed E-state index contributed by atoms with van der Waals surface area (Å²) in [6.45, 7) is 3.91. The van der Waals surface area contributed by atoms with Gasteiger partial charge in [-0.1, -0.05) is 12.1 Å². The zero-order chi connectivity index (χ0) is 28.6. The van der Waals surface area contributed by atoms with Crippen molar-refractivity contribution >= 4 is 29.2 Å². The first-order chi connectivity index (χ1) is 17.6. The second-order valence-corrected chi connectivity index (χ2v) is 9.56. The largest absolute Gasteiger partial charge is 0.490 e. The van der Waals surface area contributed by atoms with Crippen LogP contribution in [0.15, 0.2) is 42.0 Å². The number of aromatic nitrogens is 1. The molecule has 0 saturated carbocycles. The van der Waals surface area contributed by atoms with Gasteiger partial charge in [0.25, 0.3) is 0 Å². The predicted octanol–water partition coefficient (Wildman–Crippen LogP) is 4.57. The van der Waals surface area contributed by atoms with Crippen LogP contribution in [0.5, 0.6) is 0 Å². The first-order valence-corrected chi connectivity index (χ1v) is 12.1. The van der Waals surface area contributed by atoms with Crippen molar-refractivity contribution in [3.63, 3.8) is 0 Å². The van der Waals surface area contributed by atoms with Crippen LogP contribution in [0.2, 0.25) is 0 Å². The zero-order valence-electron chi connectivity index (χ0n) is 19.8. The molecule has 0 aromatic carbocycles. The molecule has 2 saturated heterocycles. The number of carbonyl (C=O) groups excluding carboxylic acids is 1. The average Bonchev–Trinajstić information content (AvgIpc) is 3.45. The van der Waals surface area contributed by atoms with Gasteiger partial charge in [0.1, 0.15) is 0 Å². The lowest BCUT2D eigenvalue weighted by molar-refractivity contribution is -0.193. The van der Waals surface area contributed by atoms with Crippen LogP contribution in [-0.4, -0.2) is 73.8 Å². The van der Waals surface area contributed by atoms with Crippen LogP contribution < -0.4 is 0 Å². The van der Waals surface area contributed by atoms with E-state index in [2.05, 4.69) is 38.4 Å². The van der Waals surface area contributed by atoms with Gasteiger partial charge in [-0.3, -0.25) is 14.7 Å². The molecule has 4 rings (SSSR count). The minimum atomic E-state index is -5.08. The third-order valence-corrected chi connectivity index (χ3v) is 6.83. The first-order valence-electron chi connectivity index (χ1n) is 11.2. The number of hydrogen-bond donors (Lipinski definition) is 2. The van der Waals surface area contributed by atoms with E-state index in [0.717, 1.165) is 44.5 Å². The van der Waals surface area contributed by atoms with Crippen molar-refractivity contribution in [2.75, 3.05) is 13.1 Å². The van der Waals surface area contributed by atoms with E-state index in [1.165, 1.54) is 4.88 Å². The van der Waals surface area contributed by atoms with Gasteiger partial charge >= 0.3 is 24.3 Å². The van der Waals surface area contributed by atoms with E-state index in [9.17, 15) is 31.1 Å². The number of piperidine rings is 1. The number of carboxylic acids is 2. The number of amides is 1. The minimum Gasteiger partial charge on any atom is -0.475 e. The van der Waals surface area contributed by atoms with Gasteiger partial charge in [0.15, 0.2) is 0 Å². The molecular formula is C23H25F6N3O5S. The highest BCUT2D eigenvalue weighted by Crippen LogP contribution is 2.40. The number of halogens is 6. The molecule has 0 radical (unpaired) electrons. The van der Waals surface area contributed by atoms with E-state index in [0.29, 0.717) is 18.9 Å². The fourth-order valence-corrected chi connectivity index (χ4v) is 4.82. The van der Waals surface area contributed by atoms with E-state index in [-0.39, 0.29) is 5.54 Å². The number of thiophene rings is 1. The molecule has 2 fully saturated rings. The number of hydrogen-bond acceptors (Lipinski definition) is 6. The van der Waals surface area contributed by atoms with Gasteiger partial charge in [-0.15, -0.1) is 11.3 Å². The van der Waals surface area contributed by atoms with Crippen LogP contribution in [0.1, 0.15) is 36.1 Å². The van der Waals surface area contributed by atoms with Crippen LogP contribution in [0, 0.1) is 0 Å². The monoisotopic (exact) mass is 569 g/mol. The summed E-state index contributed by atoms with van der Waals surface area (Å²) in [6, 6.07) is 8.35. The number of pyridine rings is 1. The molecule has 0 unspecified atom stereocenters. The molecule has 2 N–H and O–H groups in total. The minimum absolute atomic E-state index is 0.0683. The molecular weight excluding hydrogens is 544 g/mol. The Bertz CT molecular complexity index is 1030. The topological polar surface area (TPSA) is 111 Å². The summed E-state index contributed by atoms with van der Waals surface area (Å²) < 4.78 is 63.5. The lowest BCUT2D eigenvalue weighted by Crippen LogP contribution is -2.52. The van der Waals surface area contributed by atoms with Crippen molar-refractivity contribution in [3.8, 4) is 0 Å². The number of carboxylic acid groups (broad SMARTS) is 2. The van der Waals surface area contributed by atoms with Gasteiger partial charge in [-0.2, -0.15) is 26.3 Å². The van der Waals surface area contributed by atoms with Gasteiger partial charge in [0.2, 0.25) is 5.91 Å². The molecule has 8 nitrogen and oxygen atoms in total. The maximum atomic E-state index is 12.5. The van der Waals surface area contributed by atoms with Gasteiger partial charge in [0, 0.05) is 55.4 Å². The Hall–Kier alpha value is -3.20. The standard InChI is InChI=1S/C19H23N3OS.2C2HF3O2/c23-18-5-6-19(22(18)14-16-3-1-9-20-13-16)7-10-21(11-8-19)15-17-4-2-12-24-17;2*3-2(4,5)1(6)7/h1-4,9,12-13H,5-8,10-11,14-15H2;2*(H,6,7). The zero-order valence-corrected chi connectivity index (χ0v) is 20.7. The molecule has 0 bridgehead atoms. The van der Waals surface area contributed by atoms with Gasteiger partial charge in [0.05, 0.1) is 0 Å². The van der Waals surface area contributed by atoms with Crippen LogP contribution in [-0.2, 0) is 27.5 Å². The number of likely N-dealkylation sites (tertiary alicyclic amines) is 2. The highest BCUT2D eigenvalue weighted by Gasteiger charge is 2.46. The summed E-state index contributed by atoms with van der Waals surface area (Å²) in [5.74, 6) is -5.20. The van der Waals surface area contributed by atoms with Crippen molar-refractivity contribution in [2.45, 2.75) is 56.7 Å². The molecule has 2 aromatic rings. The molecule has 0 atom stereocenters. The smallest absolute Gasteiger partial charge is 0.475 e. The fourth-order valence-electron chi connectivity index (χ4n) is 4.07. The Morgan fingerprint density at radius 2 is 1.53 bits per heavy atom. The summed E-state index contributed by atoms with van der Waals surface area (Å²) >= 11 is 1.83. The van der Waals surface area contributed by atoms with E-state index >= 15 is 0 Å². The molecule has 15 heteroatoms. The molecule has 2 aromatic heterocycles. The Kier molecular flexibility index (Phi) is 10.6. The normalized spacial score (nSPS) is 17.3. The molecule has 4 heterocycles. The quantitative estimate of drug-likeness (QED) is 0.519. The number of rotatable bonds is 4. The van der Waals surface area contributed by atoms with E-state index in [1.54, 1.807) is 6.20 Å². The molecule has 1 amide bonds. The van der Waals surface area contributed by atoms with Crippen LogP contribution in [0.3, 0.4) is 0 Å². The Balaban J connectivity index is 0.000000301. The van der Waals surface area contributed by atoms with Crippen molar-refractivity contribution in [1.29, 1.82) is 0 Å². The lowest BCUT2D eigenvalue weighted by Gasteiger charge is -2.45. The first kappa shape index (κ1) is 31.0. The number of aliphatic carboxylic acids is 2. The lowest BCUT2D eigenvalue weighted by atomic mass is 9.84. The van der Waals surface area contributed by atoms with E-state index < -0.39 is 24.3 Å². The fraction of sp³-hybridized carbons (Fsp3) is 0.478. The molecule has 0 aliphatic carbocycles. The summed E-state index contributed by atoms with van der Waals surface area (Å²) in [5, 5.41) is 16.4. The highest BCUT2D eigenvalue weighted by atomic mass is 32.1. The third kappa shape index (κ3) is 9.28. The van der Waals surface area contributed by atoms with Gasteiger partial charge < -0.3 is 15.1 Å². The van der Waals surface area contributed by atoms with Crippen molar-refractivity contribution < 1.29 is 50.9 Å². The highest BCUT2D eigenvalue weighted by molar-refractivity contribution is 7.09. The SMILES string of the molecule is O=C(O)C(F)(F)F.O=C(O)C(F)(F)F.O=C1CCC2(CCN(Cc3cccs3)CC2)N1Cc1cccnc1. The van der Waals surface area contributed by atoms with E-state index in [4.69, 9.17) is 19.8 Å². The second kappa shape index (κ2) is 13.0. The van der Waals surface area contributed by atoms with Gasteiger partial charge in [-0.25, -0.2) is 9.59 Å². The molecule has 1 spiro atoms. The molecule has 2 aliphatic heterocycles. The molecule has 38 heavy (non-hydrogen) atoms. The Morgan fingerprint density at radius 1 is 0.947 bits per heavy atom. The maximum Gasteiger partial charge on any atom is 0.490 e. The average molecular weight is 570 g/mol. The summed E-state index contributed by atoms with van der Waals surface area (Å²) in [7, 11) is 0.